The van der Waals surface area contributed by atoms with E-state index >= 15 is 0 Å². The molecule has 0 aliphatic carbocycles. The maximum Gasteiger partial charge on any atom is 0.255 e. The van der Waals surface area contributed by atoms with E-state index in [1.165, 1.54) is 0 Å². The van der Waals surface area contributed by atoms with Crippen molar-refractivity contribution in [1.29, 1.82) is 0 Å². The van der Waals surface area contributed by atoms with Crippen LogP contribution in [0.4, 0.5) is 17.1 Å². The number of carbonyl (C=O) groups is 2. The van der Waals surface area contributed by atoms with Crippen LogP contribution >= 0.6 is 0 Å². The van der Waals surface area contributed by atoms with Crippen molar-refractivity contribution in [2.45, 2.75) is 19.8 Å². The molecule has 0 spiro atoms. The molecule has 1 aliphatic rings. The van der Waals surface area contributed by atoms with Gasteiger partial charge in [-0.05, 0) is 49.2 Å². The van der Waals surface area contributed by atoms with E-state index < -0.39 is 0 Å². The maximum absolute atomic E-state index is 12.6. The molecule has 2 aromatic carbocycles. The van der Waals surface area contributed by atoms with Crippen LogP contribution in [0.25, 0.3) is 0 Å². The molecule has 6 heteroatoms. The second-order valence-electron chi connectivity index (χ2n) is 6.64. The first-order valence-electron chi connectivity index (χ1n) is 9.25. The largest absolute Gasteiger partial charge is 0.397 e. The number of nitrogen functional groups attached to an aromatic ring is 1. The Hall–Kier alpha value is -2.86. The van der Waals surface area contributed by atoms with Crippen LogP contribution in [-0.4, -0.2) is 31.6 Å². The maximum atomic E-state index is 12.6. The number of hydrogen-bond acceptors (Lipinski definition) is 4. The van der Waals surface area contributed by atoms with Gasteiger partial charge in [-0.25, -0.2) is 0 Å². The minimum Gasteiger partial charge on any atom is -0.397 e. The first-order valence-corrected chi connectivity index (χ1v) is 9.25. The second-order valence-corrected chi connectivity index (χ2v) is 6.64. The minimum atomic E-state index is -0.238. The second kappa shape index (κ2) is 8.68. The number of anilines is 3. The topological polar surface area (TPSA) is 84.7 Å². The van der Waals surface area contributed by atoms with Crippen molar-refractivity contribution in [3.63, 3.8) is 0 Å². The van der Waals surface area contributed by atoms with Crippen LogP contribution in [0.5, 0.6) is 0 Å². The van der Waals surface area contributed by atoms with Crippen LogP contribution in [0.3, 0.4) is 0 Å². The van der Waals surface area contributed by atoms with Crippen molar-refractivity contribution in [2.24, 2.45) is 5.92 Å². The van der Waals surface area contributed by atoms with Gasteiger partial charge in [0.15, 0.2) is 0 Å². The predicted molar refractivity (Wildman–Crippen MR) is 107 cm³/mol. The van der Waals surface area contributed by atoms with E-state index in [1.54, 1.807) is 41.3 Å². The predicted octanol–water partition coefficient (Wildman–Crippen LogP) is 3.30. The third-order valence-electron chi connectivity index (χ3n) is 4.63. The quantitative estimate of drug-likeness (QED) is 0.581. The van der Waals surface area contributed by atoms with Gasteiger partial charge < -0.3 is 20.7 Å². The van der Waals surface area contributed by atoms with Gasteiger partial charge in [0.1, 0.15) is 0 Å². The van der Waals surface area contributed by atoms with Gasteiger partial charge in [-0.15, -0.1) is 0 Å². The molecule has 142 valence electrons. The molecule has 0 aromatic heterocycles. The molecule has 2 aromatic rings. The number of hydrogen-bond donors (Lipinski definition) is 2. The van der Waals surface area contributed by atoms with E-state index in [1.807, 2.05) is 19.1 Å². The number of nitrogens with zero attached hydrogens (tertiary/aromatic N) is 1. The molecule has 0 radical (unpaired) electrons. The Morgan fingerprint density at radius 1 is 1.22 bits per heavy atom. The van der Waals surface area contributed by atoms with Gasteiger partial charge >= 0.3 is 0 Å². The third-order valence-corrected chi connectivity index (χ3v) is 4.63. The van der Waals surface area contributed by atoms with E-state index in [4.69, 9.17) is 10.5 Å². The van der Waals surface area contributed by atoms with E-state index in [9.17, 15) is 9.59 Å². The number of ether oxygens (including phenoxy) is 1. The Morgan fingerprint density at radius 2 is 1.96 bits per heavy atom. The SMILES string of the molecule is CCCOCC1CCN(c2ccc(C(=O)Nc3ccccc3N)cc2)C1=O. The van der Waals surface area contributed by atoms with Crippen LogP contribution in [0.2, 0.25) is 0 Å². The molecule has 1 atom stereocenters. The molecule has 0 saturated carbocycles. The number of nitrogens with one attached hydrogen (secondary N) is 1. The molecular weight excluding hydrogens is 342 g/mol. The lowest BCUT2D eigenvalue weighted by molar-refractivity contribution is -0.122. The van der Waals surface area contributed by atoms with Crippen molar-refractivity contribution >= 4 is 28.9 Å². The Morgan fingerprint density at radius 3 is 2.67 bits per heavy atom. The number of para-hydroxylation sites is 2. The Kier molecular flexibility index (Phi) is 6.08. The van der Waals surface area contributed by atoms with Crippen LogP contribution in [0.15, 0.2) is 48.5 Å². The smallest absolute Gasteiger partial charge is 0.255 e. The molecule has 6 nitrogen and oxygen atoms in total. The van der Waals surface area contributed by atoms with Crippen molar-refractivity contribution in [2.75, 3.05) is 35.7 Å². The fourth-order valence-corrected chi connectivity index (χ4v) is 3.12. The van der Waals surface area contributed by atoms with Crippen LogP contribution in [0.1, 0.15) is 30.1 Å². The van der Waals surface area contributed by atoms with Crippen LogP contribution < -0.4 is 16.0 Å². The lowest BCUT2D eigenvalue weighted by Gasteiger charge is -2.17. The molecule has 27 heavy (non-hydrogen) atoms. The summed E-state index contributed by atoms with van der Waals surface area (Å²) in [5, 5.41) is 2.80. The average molecular weight is 367 g/mol. The molecule has 1 heterocycles. The highest BCUT2D eigenvalue weighted by molar-refractivity contribution is 6.06. The fraction of sp³-hybridized carbons (Fsp3) is 0.333. The lowest BCUT2D eigenvalue weighted by Crippen LogP contribution is -2.28. The number of nitrogens with two attached hydrogens (primary N) is 1. The summed E-state index contributed by atoms with van der Waals surface area (Å²) in [6.45, 7) is 3.87. The van der Waals surface area contributed by atoms with Gasteiger partial charge in [-0.2, -0.15) is 0 Å². The summed E-state index contributed by atoms with van der Waals surface area (Å²) in [7, 11) is 0. The standard InChI is InChI=1S/C21H25N3O3/c1-2-13-27-14-16-11-12-24(21(16)26)17-9-7-15(8-10-17)20(25)23-19-6-4-3-5-18(19)22/h3-10,16H,2,11-14,22H2,1H3,(H,23,25). The van der Waals surface area contributed by atoms with Crippen molar-refractivity contribution in [3.8, 4) is 0 Å². The van der Waals surface area contributed by atoms with Gasteiger partial charge in [0.05, 0.1) is 23.9 Å². The van der Waals surface area contributed by atoms with Crippen molar-refractivity contribution in [3.05, 3.63) is 54.1 Å². The van der Waals surface area contributed by atoms with Crippen LogP contribution in [0, 0.1) is 5.92 Å². The minimum absolute atomic E-state index is 0.0828. The summed E-state index contributed by atoms with van der Waals surface area (Å²) in [5.41, 5.74) is 8.26. The highest BCUT2D eigenvalue weighted by Gasteiger charge is 2.32. The van der Waals surface area contributed by atoms with Gasteiger partial charge in [0, 0.05) is 24.4 Å². The summed E-state index contributed by atoms with van der Waals surface area (Å²) in [4.78, 5) is 26.7. The Labute approximate surface area is 159 Å². The Bertz CT molecular complexity index is 805. The zero-order valence-electron chi connectivity index (χ0n) is 15.5. The number of rotatable bonds is 7. The van der Waals surface area contributed by atoms with Crippen molar-refractivity contribution in [1.82, 2.24) is 0 Å². The molecule has 1 unspecified atom stereocenters. The first kappa shape index (κ1) is 18.9. The summed E-state index contributed by atoms with van der Waals surface area (Å²) in [5.74, 6) is -0.237. The van der Waals surface area contributed by atoms with E-state index in [-0.39, 0.29) is 17.7 Å². The zero-order chi connectivity index (χ0) is 19.2. The van der Waals surface area contributed by atoms with E-state index in [0.29, 0.717) is 36.7 Å². The zero-order valence-corrected chi connectivity index (χ0v) is 15.5. The fourth-order valence-electron chi connectivity index (χ4n) is 3.12. The van der Waals surface area contributed by atoms with Gasteiger partial charge in [0.2, 0.25) is 5.91 Å². The monoisotopic (exact) mass is 367 g/mol. The molecule has 2 amide bonds. The molecule has 0 bridgehead atoms. The molecular formula is C21H25N3O3. The summed E-state index contributed by atoms with van der Waals surface area (Å²) in [6.07, 6.45) is 1.74. The molecule has 3 rings (SSSR count). The molecule has 1 aliphatic heterocycles. The Balaban J connectivity index is 1.63. The van der Waals surface area contributed by atoms with E-state index in [2.05, 4.69) is 5.32 Å². The van der Waals surface area contributed by atoms with Gasteiger partial charge in [0.25, 0.3) is 5.91 Å². The van der Waals surface area contributed by atoms with E-state index in [0.717, 1.165) is 18.5 Å². The third kappa shape index (κ3) is 4.46. The van der Waals surface area contributed by atoms with Gasteiger partial charge in [-0.3, -0.25) is 9.59 Å². The lowest BCUT2D eigenvalue weighted by atomic mass is 10.1. The first-order chi connectivity index (χ1) is 13.1. The average Bonchev–Trinajstić information content (AvgIpc) is 3.04. The van der Waals surface area contributed by atoms with Gasteiger partial charge in [-0.1, -0.05) is 19.1 Å². The number of amides is 2. The number of carbonyl (C=O) groups excluding carboxylic acids is 2. The molecule has 3 N–H and O–H groups in total. The normalized spacial score (nSPS) is 16.6. The summed E-state index contributed by atoms with van der Waals surface area (Å²) in [6, 6.07) is 14.2. The van der Waals surface area contributed by atoms with Crippen molar-refractivity contribution < 1.29 is 14.3 Å². The highest BCUT2D eigenvalue weighted by atomic mass is 16.5. The number of benzene rings is 2. The highest BCUT2D eigenvalue weighted by Crippen LogP contribution is 2.26. The summed E-state index contributed by atoms with van der Waals surface area (Å²) >= 11 is 0. The van der Waals surface area contributed by atoms with Crippen LogP contribution in [-0.2, 0) is 9.53 Å². The molecule has 1 fully saturated rings. The molecule has 1 saturated heterocycles. The summed E-state index contributed by atoms with van der Waals surface area (Å²) < 4.78 is 5.53.